The molecule has 0 spiro atoms. The summed E-state index contributed by atoms with van der Waals surface area (Å²) in [5.74, 6) is -0.300. The zero-order chi connectivity index (χ0) is 13.0. The molecule has 3 N–H and O–H groups in total. The molecule has 1 aromatic heterocycles. The number of nitrogen functional groups attached to an aromatic ring is 1. The van der Waals surface area contributed by atoms with E-state index in [0.717, 1.165) is 0 Å². The smallest absolute Gasteiger partial charge is 0.354 e. The molecule has 0 radical (unpaired) electrons. The highest BCUT2D eigenvalue weighted by Gasteiger charge is 2.16. The van der Waals surface area contributed by atoms with Crippen molar-refractivity contribution in [2.75, 3.05) is 12.3 Å². The van der Waals surface area contributed by atoms with Crippen LogP contribution in [-0.4, -0.2) is 22.7 Å². The lowest BCUT2D eigenvalue weighted by molar-refractivity contribution is 0.0689. The highest BCUT2D eigenvalue weighted by molar-refractivity contribution is 5.86. The number of anilines is 1. The van der Waals surface area contributed by atoms with Crippen LogP contribution in [0.15, 0.2) is 12.1 Å². The van der Waals surface area contributed by atoms with Gasteiger partial charge in [0.2, 0.25) is 5.88 Å². The van der Waals surface area contributed by atoms with Gasteiger partial charge in [-0.1, -0.05) is 19.3 Å². The largest absolute Gasteiger partial charge is 0.477 e. The molecule has 0 unspecified atom stereocenters. The minimum absolute atomic E-state index is 0.0390. The third kappa shape index (κ3) is 3.12. The first-order valence-electron chi connectivity index (χ1n) is 6.29. The summed E-state index contributed by atoms with van der Waals surface area (Å²) in [4.78, 5) is 14.7. The number of carboxylic acids is 1. The van der Waals surface area contributed by atoms with Crippen LogP contribution in [0, 0.1) is 5.92 Å². The van der Waals surface area contributed by atoms with Gasteiger partial charge in [0, 0.05) is 0 Å². The number of hydrogen-bond acceptors (Lipinski definition) is 4. The molecular formula is C13H18N2O3. The van der Waals surface area contributed by atoms with E-state index in [1.165, 1.54) is 44.2 Å². The number of hydrogen-bond donors (Lipinski definition) is 2. The molecule has 1 saturated carbocycles. The Bertz CT molecular complexity index is 428. The van der Waals surface area contributed by atoms with Gasteiger partial charge in [-0.15, -0.1) is 0 Å². The fourth-order valence-electron chi connectivity index (χ4n) is 2.24. The van der Waals surface area contributed by atoms with Crippen LogP contribution < -0.4 is 10.5 Å². The molecule has 1 heterocycles. The number of carbonyl (C=O) groups is 1. The van der Waals surface area contributed by atoms with Crippen LogP contribution in [0.5, 0.6) is 5.88 Å². The van der Waals surface area contributed by atoms with Gasteiger partial charge < -0.3 is 15.6 Å². The van der Waals surface area contributed by atoms with Crippen molar-refractivity contribution in [3.8, 4) is 5.88 Å². The Balaban J connectivity index is 1.99. The standard InChI is InChI=1S/C13H18N2O3/c14-10-6-7-11(13(16)17)15-12(10)18-8-9-4-2-1-3-5-9/h6-7,9H,1-5,8,14H2,(H,16,17). The van der Waals surface area contributed by atoms with Gasteiger partial charge in [-0.05, 0) is 30.9 Å². The van der Waals surface area contributed by atoms with Gasteiger partial charge in [0.15, 0.2) is 5.69 Å². The maximum absolute atomic E-state index is 10.8. The van der Waals surface area contributed by atoms with E-state index in [-0.39, 0.29) is 11.6 Å². The van der Waals surface area contributed by atoms with Gasteiger partial charge in [-0.3, -0.25) is 0 Å². The zero-order valence-corrected chi connectivity index (χ0v) is 10.3. The van der Waals surface area contributed by atoms with Crippen molar-refractivity contribution in [3.05, 3.63) is 17.8 Å². The lowest BCUT2D eigenvalue weighted by Gasteiger charge is -2.21. The van der Waals surface area contributed by atoms with Crippen LogP contribution in [-0.2, 0) is 0 Å². The van der Waals surface area contributed by atoms with E-state index in [1.54, 1.807) is 0 Å². The van der Waals surface area contributed by atoms with Crippen molar-refractivity contribution in [3.63, 3.8) is 0 Å². The molecule has 0 atom stereocenters. The van der Waals surface area contributed by atoms with E-state index in [2.05, 4.69) is 4.98 Å². The Morgan fingerprint density at radius 1 is 1.39 bits per heavy atom. The number of ether oxygens (including phenoxy) is 1. The summed E-state index contributed by atoms with van der Waals surface area (Å²) < 4.78 is 5.57. The average Bonchev–Trinajstić information content (AvgIpc) is 2.38. The molecule has 1 aliphatic rings. The van der Waals surface area contributed by atoms with Gasteiger partial charge >= 0.3 is 5.97 Å². The minimum atomic E-state index is -1.07. The number of aromatic carboxylic acids is 1. The average molecular weight is 250 g/mol. The van der Waals surface area contributed by atoms with Crippen molar-refractivity contribution in [2.45, 2.75) is 32.1 Å². The van der Waals surface area contributed by atoms with E-state index >= 15 is 0 Å². The molecule has 2 rings (SSSR count). The maximum atomic E-state index is 10.8. The topological polar surface area (TPSA) is 85.4 Å². The molecule has 0 aliphatic heterocycles. The molecule has 18 heavy (non-hydrogen) atoms. The Hall–Kier alpha value is -1.78. The van der Waals surface area contributed by atoms with Crippen LogP contribution in [0.1, 0.15) is 42.6 Å². The predicted molar refractivity (Wildman–Crippen MR) is 67.7 cm³/mol. The van der Waals surface area contributed by atoms with E-state index < -0.39 is 5.97 Å². The number of rotatable bonds is 4. The molecule has 1 aliphatic carbocycles. The number of carboxylic acid groups (broad SMARTS) is 1. The lowest BCUT2D eigenvalue weighted by Crippen LogP contribution is -2.16. The van der Waals surface area contributed by atoms with Crippen LogP contribution >= 0.6 is 0 Å². The predicted octanol–water partition coefficient (Wildman–Crippen LogP) is 2.32. The van der Waals surface area contributed by atoms with Crippen LogP contribution in [0.4, 0.5) is 5.69 Å². The Labute approximate surface area is 106 Å². The van der Waals surface area contributed by atoms with E-state index in [0.29, 0.717) is 18.2 Å². The number of nitrogens with two attached hydrogens (primary N) is 1. The van der Waals surface area contributed by atoms with Crippen LogP contribution in [0.2, 0.25) is 0 Å². The Morgan fingerprint density at radius 2 is 2.11 bits per heavy atom. The summed E-state index contributed by atoms with van der Waals surface area (Å²) in [7, 11) is 0. The lowest BCUT2D eigenvalue weighted by atomic mass is 9.90. The summed E-state index contributed by atoms with van der Waals surface area (Å²) in [6.07, 6.45) is 6.11. The van der Waals surface area contributed by atoms with Gasteiger partial charge in [-0.2, -0.15) is 0 Å². The van der Waals surface area contributed by atoms with Crippen molar-refractivity contribution in [2.24, 2.45) is 5.92 Å². The van der Waals surface area contributed by atoms with E-state index in [9.17, 15) is 4.79 Å². The summed E-state index contributed by atoms with van der Waals surface area (Å²) in [6.45, 7) is 0.570. The van der Waals surface area contributed by atoms with Crippen LogP contribution in [0.25, 0.3) is 0 Å². The van der Waals surface area contributed by atoms with Gasteiger partial charge in [0.05, 0.1) is 12.3 Å². The summed E-state index contributed by atoms with van der Waals surface area (Å²) >= 11 is 0. The second-order valence-corrected chi connectivity index (χ2v) is 4.71. The number of aromatic nitrogens is 1. The fourth-order valence-corrected chi connectivity index (χ4v) is 2.24. The van der Waals surface area contributed by atoms with Gasteiger partial charge in [0.1, 0.15) is 0 Å². The zero-order valence-electron chi connectivity index (χ0n) is 10.3. The number of pyridine rings is 1. The molecule has 0 bridgehead atoms. The molecule has 0 aromatic carbocycles. The first kappa shape index (κ1) is 12.7. The third-order valence-corrected chi connectivity index (χ3v) is 3.29. The second kappa shape index (κ2) is 5.71. The Kier molecular flexibility index (Phi) is 4.02. The molecule has 98 valence electrons. The molecule has 1 aromatic rings. The normalized spacial score (nSPS) is 16.4. The first-order valence-corrected chi connectivity index (χ1v) is 6.29. The SMILES string of the molecule is Nc1ccc(C(=O)O)nc1OCC1CCCCC1. The summed E-state index contributed by atoms with van der Waals surface area (Å²) in [6, 6.07) is 2.90. The van der Waals surface area contributed by atoms with Gasteiger partial charge in [-0.25, -0.2) is 9.78 Å². The van der Waals surface area contributed by atoms with E-state index in [4.69, 9.17) is 15.6 Å². The first-order chi connectivity index (χ1) is 8.66. The monoisotopic (exact) mass is 250 g/mol. The van der Waals surface area contributed by atoms with E-state index in [1.807, 2.05) is 0 Å². The molecule has 5 nitrogen and oxygen atoms in total. The highest BCUT2D eigenvalue weighted by Crippen LogP contribution is 2.25. The summed E-state index contributed by atoms with van der Waals surface area (Å²) in [5, 5.41) is 8.86. The molecular weight excluding hydrogens is 232 g/mol. The minimum Gasteiger partial charge on any atom is -0.477 e. The molecule has 0 saturated heterocycles. The van der Waals surface area contributed by atoms with Crippen LogP contribution in [0.3, 0.4) is 0 Å². The van der Waals surface area contributed by atoms with Crippen molar-refractivity contribution in [1.29, 1.82) is 0 Å². The molecule has 0 amide bonds. The maximum Gasteiger partial charge on any atom is 0.354 e. The highest BCUT2D eigenvalue weighted by atomic mass is 16.5. The second-order valence-electron chi connectivity index (χ2n) is 4.71. The fraction of sp³-hybridized carbons (Fsp3) is 0.538. The molecule has 5 heteroatoms. The number of nitrogens with zero attached hydrogens (tertiary/aromatic N) is 1. The summed E-state index contributed by atoms with van der Waals surface area (Å²) in [5.41, 5.74) is 6.07. The molecule has 1 fully saturated rings. The van der Waals surface area contributed by atoms with Crippen molar-refractivity contribution in [1.82, 2.24) is 4.98 Å². The van der Waals surface area contributed by atoms with Crippen molar-refractivity contribution < 1.29 is 14.6 Å². The quantitative estimate of drug-likeness (QED) is 0.856. The Morgan fingerprint density at radius 3 is 2.78 bits per heavy atom. The van der Waals surface area contributed by atoms with Crippen molar-refractivity contribution >= 4 is 11.7 Å². The third-order valence-electron chi connectivity index (χ3n) is 3.29. The van der Waals surface area contributed by atoms with Gasteiger partial charge in [0.25, 0.3) is 0 Å².